The number of anilines is 2. The molecule has 5 nitrogen and oxygen atoms in total. The normalized spacial score (nSPS) is 11.1. The molecule has 3 aromatic carbocycles. The van der Waals surface area contributed by atoms with Crippen LogP contribution in [0.3, 0.4) is 0 Å². The van der Waals surface area contributed by atoms with E-state index in [0.717, 1.165) is 35.4 Å². The van der Waals surface area contributed by atoms with Gasteiger partial charge in [-0.2, -0.15) is 13.2 Å². The molecule has 0 unspecified atom stereocenters. The summed E-state index contributed by atoms with van der Waals surface area (Å²) in [5, 5.41) is 4.59. The Hall–Kier alpha value is -3.88. The van der Waals surface area contributed by atoms with Gasteiger partial charge in [-0.3, -0.25) is 9.59 Å². The van der Waals surface area contributed by atoms with Crippen molar-refractivity contribution in [2.45, 2.75) is 26.4 Å². The first-order valence-corrected chi connectivity index (χ1v) is 10.3. The van der Waals surface area contributed by atoms with Crippen molar-refractivity contribution in [3.8, 4) is 5.75 Å². The van der Waals surface area contributed by atoms with Crippen molar-refractivity contribution in [3.63, 3.8) is 0 Å². The molecule has 34 heavy (non-hydrogen) atoms. The van der Waals surface area contributed by atoms with Gasteiger partial charge in [0.25, 0.3) is 5.91 Å². The second-order valence-corrected chi connectivity index (χ2v) is 7.61. The first kappa shape index (κ1) is 24.8. The molecular formula is C25H22F4N2O3. The molecule has 2 N–H and O–H groups in total. The second kappa shape index (κ2) is 10.4. The van der Waals surface area contributed by atoms with Crippen LogP contribution in [0, 0.1) is 19.7 Å². The summed E-state index contributed by atoms with van der Waals surface area (Å²) in [6.45, 7) is 3.85. The van der Waals surface area contributed by atoms with Gasteiger partial charge in [0.15, 0.2) is 0 Å². The summed E-state index contributed by atoms with van der Waals surface area (Å²) in [5.74, 6) is -1.34. The number of benzene rings is 3. The lowest BCUT2D eigenvalue weighted by Gasteiger charge is -2.16. The van der Waals surface area contributed by atoms with Crippen LogP contribution in [0.1, 0.15) is 33.5 Å². The van der Waals surface area contributed by atoms with Crippen LogP contribution in [0.25, 0.3) is 0 Å². The Labute approximate surface area is 193 Å². The molecule has 0 aromatic heterocycles. The van der Waals surface area contributed by atoms with E-state index < -0.39 is 35.1 Å². The number of nitrogens with one attached hydrogen (secondary N) is 2. The number of rotatable bonds is 7. The van der Waals surface area contributed by atoms with E-state index in [1.807, 2.05) is 26.0 Å². The highest BCUT2D eigenvalue weighted by atomic mass is 19.4. The van der Waals surface area contributed by atoms with Crippen LogP contribution in [0.15, 0.2) is 60.7 Å². The highest BCUT2D eigenvalue weighted by molar-refractivity contribution is 6.04. The predicted molar refractivity (Wildman–Crippen MR) is 120 cm³/mol. The summed E-state index contributed by atoms with van der Waals surface area (Å²) < 4.78 is 59.3. The lowest BCUT2D eigenvalue weighted by atomic mass is 10.1. The van der Waals surface area contributed by atoms with E-state index in [1.165, 1.54) is 18.2 Å². The van der Waals surface area contributed by atoms with Crippen molar-refractivity contribution in [1.29, 1.82) is 0 Å². The fourth-order valence-corrected chi connectivity index (χ4v) is 3.05. The minimum atomic E-state index is -4.78. The van der Waals surface area contributed by atoms with Gasteiger partial charge in [0, 0.05) is 11.3 Å². The zero-order valence-electron chi connectivity index (χ0n) is 18.4. The SMILES string of the molecule is Cc1ccc(OCCC(=O)Nc2ccc(NC(=O)c3ccc(F)cc3)cc2C(F)(F)F)cc1C. The highest BCUT2D eigenvalue weighted by Crippen LogP contribution is 2.36. The standard InChI is InChI=1S/C25H22F4N2O3/c1-15-3-9-20(13-16(15)2)34-12-11-23(32)31-22-10-8-19(14-21(22)25(27,28)29)30-24(33)17-4-6-18(26)7-5-17/h3-10,13-14H,11-12H2,1-2H3,(H,30,33)(H,31,32). The maximum atomic E-state index is 13.6. The van der Waals surface area contributed by atoms with Crippen LogP contribution >= 0.6 is 0 Å². The fraction of sp³-hybridized carbons (Fsp3) is 0.200. The van der Waals surface area contributed by atoms with E-state index in [1.54, 1.807) is 6.07 Å². The summed E-state index contributed by atoms with van der Waals surface area (Å²) in [6, 6.07) is 13.0. The van der Waals surface area contributed by atoms with E-state index in [2.05, 4.69) is 10.6 Å². The summed E-state index contributed by atoms with van der Waals surface area (Å²) in [6.07, 6.45) is -4.94. The molecule has 3 aromatic rings. The number of carbonyl (C=O) groups is 2. The Morgan fingerprint density at radius 1 is 0.882 bits per heavy atom. The quantitative estimate of drug-likeness (QED) is 0.406. The van der Waals surface area contributed by atoms with Crippen LogP contribution in [0.4, 0.5) is 28.9 Å². The number of aryl methyl sites for hydroxylation is 2. The lowest BCUT2D eigenvalue weighted by molar-refractivity contribution is -0.136. The molecule has 178 valence electrons. The molecular weight excluding hydrogens is 452 g/mol. The smallest absolute Gasteiger partial charge is 0.418 e. The van der Waals surface area contributed by atoms with Gasteiger partial charge < -0.3 is 15.4 Å². The first-order chi connectivity index (χ1) is 16.0. The zero-order chi connectivity index (χ0) is 24.9. The van der Waals surface area contributed by atoms with Gasteiger partial charge in [0.2, 0.25) is 5.91 Å². The number of hydrogen-bond acceptors (Lipinski definition) is 3. The molecule has 0 aliphatic carbocycles. The van der Waals surface area contributed by atoms with E-state index >= 15 is 0 Å². The number of ether oxygens (including phenoxy) is 1. The van der Waals surface area contributed by atoms with Crippen LogP contribution in [0.5, 0.6) is 5.75 Å². The van der Waals surface area contributed by atoms with Gasteiger partial charge in [-0.25, -0.2) is 4.39 Å². The number of hydrogen-bond donors (Lipinski definition) is 2. The minimum Gasteiger partial charge on any atom is -0.493 e. The highest BCUT2D eigenvalue weighted by Gasteiger charge is 2.34. The topological polar surface area (TPSA) is 67.4 Å². The van der Waals surface area contributed by atoms with E-state index in [0.29, 0.717) is 5.75 Å². The largest absolute Gasteiger partial charge is 0.493 e. The van der Waals surface area contributed by atoms with Crippen molar-refractivity contribution >= 4 is 23.2 Å². The summed E-state index contributed by atoms with van der Waals surface area (Å²) in [4.78, 5) is 24.4. The maximum Gasteiger partial charge on any atom is 0.418 e. The van der Waals surface area contributed by atoms with Crippen LogP contribution < -0.4 is 15.4 Å². The summed E-state index contributed by atoms with van der Waals surface area (Å²) >= 11 is 0. The van der Waals surface area contributed by atoms with Gasteiger partial charge in [-0.15, -0.1) is 0 Å². The van der Waals surface area contributed by atoms with Crippen LogP contribution in [-0.2, 0) is 11.0 Å². The predicted octanol–water partition coefficient (Wildman–Crippen LogP) is 6.12. The van der Waals surface area contributed by atoms with Crippen molar-refractivity contribution in [3.05, 3.63) is 88.7 Å². The molecule has 0 spiro atoms. The lowest BCUT2D eigenvalue weighted by Crippen LogP contribution is -2.19. The summed E-state index contributed by atoms with van der Waals surface area (Å²) in [7, 11) is 0. The Morgan fingerprint density at radius 3 is 2.24 bits per heavy atom. The van der Waals surface area contributed by atoms with Gasteiger partial charge >= 0.3 is 6.18 Å². The van der Waals surface area contributed by atoms with Crippen molar-refractivity contribution in [2.24, 2.45) is 0 Å². The average molecular weight is 474 g/mol. The Balaban J connectivity index is 1.66. The molecule has 0 heterocycles. The fourth-order valence-electron chi connectivity index (χ4n) is 3.05. The zero-order valence-corrected chi connectivity index (χ0v) is 18.4. The maximum absolute atomic E-state index is 13.6. The Bertz CT molecular complexity index is 1190. The van der Waals surface area contributed by atoms with E-state index in [9.17, 15) is 27.2 Å². The van der Waals surface area contributed by atoms with Gasteiger partial charge in [0.1, 0.15) is 11.6 Å². The molecule has 0 aliphatic heterocycles. The molecule has 2 amide bonds. The first-order valence-electron chi connectivity index (χ1n) is 10.3. The van der Waals surface area contributed by atoms with Crippen molar-refractivity contribution in [1.82, 2.24) is 0 Å². The Morgan fingerprint density at radius 2 is 1.59 bits per heavy atom. The number of carbonyl (C=O) groups excluding carboxylic acids is 2. The molecule has 0 bridgehead atoms. The van der Waals surface area contributed by atoms with Crippen LogP contribution in [0.2, 0.25) is 0 Å². The van der Waals surface area contributed by atoms with Crippen molar-refractivity contribution < 1.29 is 31.9 Å². The van der Waals surface area contributed by atoms with E-state index in [4.69, 9.17) is 4.74 Å². The third kappa shape index (κ3) is 6.57. The average Bonchev–Trinajstić information content (AvgIpc) is 2.77. The second-order valence-electron chi connectivity index (χ2n) is 7.61. The molecule has 0 saturated heterocycles. The molecule has 0 saturated carbocycles. The van der Waals surface area contributed by atoms with Crippen LogP contribution in [-0.4, -0.2) is 18.4 Å². The van der Waals surface area contributed by atoms with Gasteiger partial charge in [-0.1, -0.05) is 6.07 Å². The number of halogens is 4. The minimum absolute atomic E-state index is 0.0124. The third-order valence-electron chi connectivity index (χ3n) is 5.04. The Kier molecular flexibility index (Phi) is 7.55. The third-order valence-corrected chi connectivity index (χ3v) is 5.04. The van der Waals surface area contributed by atoms with E-state index in [-0.39, 0.29) is 24.3 Å². The van der Waals surface area contributed by atoms with Crippen molar-refractivity contribution in [2.75, 3.05) is 17.2 Å². The number of amides is 2. The molecule has 0 radical (unpaired) electrons. The molecule has 0 aliphatic rings. The monoisotopic (exact) mass is 474 g/mol. The molecule has 0 fully saturated rings. The molecule has 0 atom stereocenters. The molecule has 3 rings (SSSR count). The number of alkyl halides is 3. The van der Waals surface area contributed by atoms with Gasteiger partial charge in [0.05, 0.1) is 24.3 Å². The summed E-state index contributed by atoms with van der Waals surface area (Å²) in [5.41, 5.74) is 0.496. The molecule has 9 heteroatoms. The van der Waals surface area contributed by atoms with Gasteiger partial charge in [-0.05, 0) is 79.6 Å².